The van der Waals surface area contributed by atoms with E-state index in [1.54, 1.807) is 0 Å². The number of rotatable bonds is 5. The van der Waals surface area contributed by atoms with E-state index in [1.807, 2.05) is 0 Å². The van der Waals surface area contributed by atoms with Crippen LogP contribution >= 0.6 is 17.0 Å². The molecule has 0 amide bonds. The number of benzene rings is 3. The van der Waals surface area contributed by atoms with Gasteiger partial charge in [-0.15, -0.1) is 34.5 Å². The predicted octanol–water partition coefficient (Wildman–Crippen LogP) is 9.91. The summed E-state index contributed by atoms with van der Waals surface area (Å²) in [5, 5.41) is 2.76. The molecule has 0 atom stereocenters. The Morgan fingerprint density at radius 3 is 2.09 bits per heavy atom. The first kappa shape index (κ1) is 25.4. The molecular weight excluding hydrogens is 510 g/mol. The standard InChI is InChI=1S/C29H31.2ClH.Zr/c1-5-6-12-21-19-23-17-18-27(29(2,3)4)28(26(23)20-21)25-16-11-10-15-24(25)22-13-8-7-9-14-22;;;/h7-11,13-20H,5-6,12H2,1-4H3;2*1H;/q-1;;;+2/p-2. The zero-order valence-electron chi connectivity index (χ0n) is 19.4. The number of hydrogen-bond donors (Lipinski definition) is 0. The summed E-state index contributed by atoms with van der Waals surface area (Å²) in [5.41, 5.74) is 8.28. The van der Waals surface area contributed by atoms with E-state index < -0.39 is 20.8 Å². The summed E-state index contributed by atoms with van der Waals surface area (Å²) in [6, 6.07) is 29.2. The molecule has 0 aliphatic rings. The van der Waals surface area contributed by atoms with Crippen LogP contribution < -0.4 is 0 Å². The van der Waals surface area contributed by atoms with E-state index in [0.29, 0.717) is 0 Å². The van der Waals surface area contributed by atoms with Gasteiger partial charge in [-0.3, -0.25) is 0 Å². The van der Waals surface area contributed by atoms with Crippen LogP contribution in [-0.2, 0) is 32.7 Å². The van der Waals surface area contributed by atoms with Crippen molar-refractivity contribution >= 4 is 27.8 Å². The maximum absolute atomic E-state index is 4.93. The number of halogens is 2. The molecule has 4 aromatic rings. The van der Waals surface area contributed by atoms with Crippen LogP contribution in [0.25, 0.3) is 33.0 Å². The van der Waals surface area contributed by atoms with Crippen molar-refractivity contribution in [2.24, 2.45) is 0 Å². The van der Waals surface area contributed by atoms with Crippen molar-refractivity contribution in [3.05, 3.63) is 90.0 Å². The van der Waals surface area contributed by atoms with Crippen LogP contribution in [0.1, 0.15) is 51.7 Å². The Morgan fingerprint density at radius 2 is 1.47 bits per heavy atom. The average molecular weight is 542 g/mol. The summed E-state index contributed by atoms with van der Waals surface area (Å²) >= 11 is -0.826. The molecule has 32 heavy (non-hydrogen) atoms. The topological polar surface area (TPSA) is 0 Å². The van der Waals surface area contributed by atoms with Gasteiger partial charge < -0.3 is 0 Å². The average Bonchev–Trinajstić information content (AvgIpc) is 3.20. The Bertz CT molecular complexity index is 1140. The molecule has 0 N–H and O–H groups in total. The van der Waals surface area contributed by atoms with E-state index >= 15 is 0 Å². The van der Waals surface area contributed by atoms with Gasteiger partial charge in [0, 0.05) is 0 Å². The molecule has 0 radical (unpaired) electrons. The zero-order valence-corrected chi connectivity index (χ0v) is 23.4. The molecule has 166 valence electrons. The van der Waals surface area contributed by atoms with E-state index in [2.05, 4.69) is 107 Å². The summed E-state index contributed by atoms with van der Waals surface area (Å²) in [6.45, 7) is 9.24. The fraction of sp³-hybridized carbons (Fsp3) is 0.276. The second kappa shape index (κ2) is 11.7. The van der Waals surface area contributed by atoms with E-state index in [9.17, 15) is 0 Å². The van der Waals surface area contributed by atoms with Crippen molar-refractivity contribution in [2.75, 3.05) is 0 Å². The van der Waals surface area contributed by atoms with Crippen LogP contribution in [0.5, 0.6) is 0 Å². The van der Waals surface area contributed by atoms with Gasteiger partial charge >= 0.3 is 37.9 Å². The molecule has 0 heterocycles. The molecule has 0 fully saturated rings. The Labute approximate surface area is 212 Å². The Hall–Kier alpha value is -1.27. The maximum atomic E-state index is 4.93. The van der Waals surface area contributed by atoms with E-state index in [1.165, 1.54) is 57.0 Å². The molecule has 0 saturated carbocycles. The second-order valence-electron chi connectivity index (χ2n) is 9.19. The van der Waals surface area contributed by atoms with E-state index in [-0.39, 0.29) is 5.41 Å². The van der Waals surface area contributed by atoms with Crippen molar-refractivity contribution in [2.45, 2.75) is 52.4 Å². The third kappa shape index (κ3) is 5.99. The van der Waals surface area contributed by atoms with Gasteiger partial charge in [0.1, 0.15) is 0 Å². The Morgan fingerprint density at radius 1 is 0.844 bits per heavy atom. The normalized spacial score (nSPS) is 11.2. The summed E-state index contributed by atoms with van der Waals surface area (Å²) in [5.74, 6) is 0. The first-order valence-corrected chi connectivity index (χ1v) is 17.6. The molecule has 0 aliphatic heterocycles. The van der Waals surface area contributed by atoms with Gasteiger partial charge in [-0.1, -0.05) is 106 Å². The van der Waals surface area contributed by atoms with Gasteiger partial charge in [0.05, 0.1) is 0 Å². The number of aryl methyl sites for hydroxylation is 1. The van der Waals surface area contributed by atoms with Gasteiger partial charge in [-0.25, -0.2) is 0 Å². The quantitative estimate of drug-likeness (QED) is 0.221. The van der Waals surface area contributed by atoms with Crippen LogP contribution in [0.4, 0.5) is 0 Å². The number of fused-ring (bicyclic) bond motifs is 1. The SMILES string of the molecule is CCCCc1cc2c(-c3ccccc3-c3ccccc3)c(C(C)(C)C)ccc2[cH-]1.[Cl][Zr][Cl]. The van der Waals surface area contributed by atoms with Gasteiger partial charge in [-0.05, 0) is 28.5 Å². The fourth-order valence-corrected chi connectivity index (χ4v) is 4.35. The Balaban J connectivity index is 0.000000913. The molecule has 0 spiro atoms. The second-order valence-corrected chi connectivity index (χ2v) is 12.9. The first-order chi connectivity index (χ1) is 15.4. The van der Waals surface area contributed by atoms with Gasteiger partial charge in [0.15, 0.2) is 0 Å². The zero-order chi connectivity index (χ0) is 23.1. The minimum absolute atomic E-state index is 0.0776. The van der Waals surface area contributed by atoms with Crippen molar-refractivity contribution < 1.29 is 20.8 Å². The van der Waals surface area contributed by atoms with Gasteiger partial charge in [0.2, 0.25) is 0 Å². The molecule has 0 aliphatic carbocycles. The molecule has 0 nitrogen and oxygen atoms in total. The number of hydrogen-bond acceptors (Lipinski definition) is 0. The molecule has 4 aromatic carbocycles. The third-order valence-corrected chi connectivity index (χ3v) is 5.86. The molecule has 0 saturated heterocycles. The summed E-state index contributed by atoms with van der Waals surface area (Å²) < 4.78 is 0. The van der Waals surface area contributed by atoms with Crippen LogP contribution in [0.2, 0.25) is 0 Å². The van der Waals surface area contributed by atoms with Crippen molar-refractivity contribution in [1.29, 1.82) is 0 Å². The van der Waals surface area contributed by atoms with E-state index in [0.717, 1.165) is 6.42 Å². The predicted molar refractivity (Wildman–Crippen MR) is 139 cm³/mol. The summed E-state index contributed by atoms with van der Waals surface area (Å²) in [4.78, 5) is 0. The van der Waals surface area contributed by atoms with Crippen molar-refractivity contribution in [3.8, 4) is 22.3 Å². The minimum atomic E-state index is -0.826. The van der Waals surface area contributed by atoms with Gasteiger partial charge in [0.25, 0.3) is 0 Å². The van der Waals surface area contributed by atoms with Crippen molar-refractivity contribution in [3.63, 3.8) is 0 Å². The Kier molecular flexibility index (Phi) is 9.30. The fourth-order valence-electron chi connectivity index (χ4n) is 4.35. The summed E-state index contributed by atoms with van der Waals surface area (Å²) in [6.07, 6.45) is 3.65. The van der Waals surface area contributed by atoms with Crippen LogP contribution in [0.15, 0.2) is 78.9 Å². The van der Waals surface area contributed by atoms with E-state index in [4.69, 9.17) is 17.0 Å². The molecular formula is C29H31Cl2Zr-. The van der Waals surface area contributed by atoms with Gasteiger partial charge in [-0.2, -0.15) is 6.07 Å². The van der Waals surface area contributed by atoms with Crippen LogP contribution in [-0.4, -0.2) is 0 Å². The van der Waals surface area contributed by atoms with Crippen LogP contribution in [0, 0.1) is 0 Å². The monoisotopic (exact) mass is 539 g/mol. The number of unbranched alkanes of at least 4 members (excludes halogenated alkanes) is 1. The summed E-state index contributed by atoms with van der Waals surface area (Å²) in [7, 11) is 9.87. The molecule has 0 bridgehead atoms. The first-order valence-electron chi connectivity index (χ1n) is 11.2. The molecule has 0 aromatic heterocycles. The molecule has 0 unspecified atom stereocenters. The van der Waals surface area contributed by atoms with Crippen LogP contribution in [0.3, 0.4) is 0 Å². The molecule has 3 heteroatoms. The third-order valence-electron chi connectivity index (χ3n) is 5.86. The van der Waals surface area contributed by atoms with Crippen molar-refractivity contribution in [1.82, 2.24) is 0 Å². The molecule has 4 rings (SSSR count).